The van der Waals surface area contributed by atoms with Gasteiger partial charge in [0, 0.05) is 17.6 Å². The van der Waals surface area contributed by atoms with Crippen LogP contribution in [-0.4, -0.2) is 29.1 Å². The fraction of sp³-hybridized carbons (Fsp3) is 0.368. The summed E-state index contributed by atoms with van der Waals surface area (Å²) in [5.41, 5.74) is 1.44. The molecule has 0 saturated heterocycles. The van der Waals surface area contributed by atoms with Crippen LogP contribution in [0.25, 0.3) is 0 Å². The molecule has 0 fully saturated rings. The second-order valence-electron chi connectivity index (χ2n) is 6.70. The lowest BCUT2D eigenvalue weighted by Gasteiger charge is -2.28. The highest BCUT2D eigenvalue weighted by Crippen LogP contribution is 2.33. The van der Waals surface area contributed by atoms with E-state index in [0.717, 1.165) is 23.5 Å². The molecule has 0 amide bonds. The van der Waals surface area contributed by atoms with E-state index in [0.29, 0.717) is 12.1 Å². The second kappa shape index (κ2) is 6.71. The zero-order valence-corrected chi connectivity index (χ0v) is 14.0. The van der Waals surface area contributed by atoms with Gasteiger partial charge in [0.2, 0.25) is 6.79 Å². The molecule has 1 aliphatic rings. The number of hydrogen-bond donors (Lipinski definition) is 3. The Morgan fingerprint density at radius 1 is 1.12 bits per heavy atom. The molecule has 0 spiro atoms. The molecule has 0 saturated carbocycles. The molecule has 1 unspecified atom stereocenters. The van der Waals surface area contributed by atoms with Gasteiger partial charge in [-0.05, 0) is 44.0 Å². The van der Waals surface area contributed by atoms with Crippen molar-refractivity contribution in [3.05, 3.63) is 53.6 Å². The first-order chi connectivity index (χ1) is 11.4. The number of aliphatic hydroxyl groups is 1. The lowest BCUT2D eigenvalue weighted by Crippen LogP contribution is -2.43. The van der Waals surface area contributed by atoms with Gasteiger partial charge in [0.25, 0.3) is 0 Å². The Morgan fingerprint density at radius 3 is 2.67 bits per heavy atom. The van der Waals surface area contributed by atoms with E-state index in [2.05, 4.69) is 19.2 Å². The van der Waals surface area contributed by atoms with Crippen LogP contribution in [0, 0.1) is 0 Å². The van der Waals surface area contributed by atoms with Crippen molar-refractivity contribution in [1.82, 2.24) is 5.32 Å². The minimum atomic E-state index is -0.762. The van der Waals surface area contributed by atoms with E-state index in [1.807, 2.05) is 18.2 Å². The fourth-order valence-corrected chi connectivity index (χ4v) is 2.88. The van der Waals surface area contributed by atoms with Crippen molar-refractivity contribution in [2.75, 3.05) is 13.3 Å². The maximum absolute atomic E-state index is 10.3. The van der Waals surface area contributed by atoms with E-state index >= 15 is 0 Å². The Bertz CT molecular complexity index is 714. The largest absolute Gasteiger partial charge is 0.508 e. The van der Waals surface area contributed by atoms with Crippen LogP contribution in [0.4, 0.5) is 0 Å². The maximum atomic E-state index is 10.3. The molecule has 128 valence electrons. The summed E-state index contributed by atoms with van der Waals surface area (Å²) in [7, 11) is 0. The first-order valence-corrected chi connectivity index (χ1v) is 8.04. The van der Waals surface area contributed by atoms with Crippen LogP contribution in [0.15, 0.2) is 42.5 Å². The van der Waals surface area contributed by atoms with E-state index < -0.39 is 6.10 Å². The highest BCUT2D eigenvalue weighted by atomic mass is 16.7. The molecular weight excluding hydrogens is 306 g/mol. The molecule has 5 heteroatoms. The summed E-state index contributed by atoms with van der Waals surface area (Å²) in [6.07, 6.45) is 0.0131. The molecule has 3 rings (SSSR count). The van der Waals surface area contributed by atoms with Crippen molar-refractivity contribution in [1.29, 1.82) is 0 Å². The van der Waals surface area contributed by atoms with Crippen molar-refractivity contribution in [3.63, 3.8) is 0 Å². The molecule has 3 N–H and O–H groups in total. The third-order valence-corrected chi connectivity index (χ3v) is 4.15. The van der Waals surface area contributed by atoms with Crippen LogP contribution >= 0.6 is 0 Å². The van der Waals surface area contributed by atoms with Crippen LogP contribution < -0.4 is 14.8 Å². The number of hydrogen-bond acceptors (Lipinski definition) is 5. The zero-order valence-electron chi connectivity index (χ0n) is 14.0. The highest BCUT2D eigenvalue weighted by molar-refractivity contribution is 5.44. The number of para-hydroxylation sites is 1. The summed E-state index contributed by atoms with van der Waals surface area (Å²) in [5.74, 6) is 1.66. The van der Waals surface area contributed by atoms with Crippen molar-refractivity contribution < 1.29 is 19.7 Å². The first kappa shape index (κ1) is 16.6. The van der Waals surface area contributed by atoms with Crippen molar-refractivity contribution in [2.45, 2.75) is 31.9 Å². The topological polar surface area (TPSA) is 71.0 Å². The second-order valence-corrected chi connectivity index (χ2v) is 6.70. The molecule has 2 aromatic rings. The Kier molecular flexibility index (Phi) is 4.64. The minimum Gasteiger partial charge on any atom is -0.508 e. The summed E-state index contributed by atoms with van der Waals surface area (Å²) in [6.45, 7) is 4.78. The summed E-state index contributed by atoms with van der Waals surface area (Å²) in [5, 5.41) is 23.5. The average molecular weight is 329 g/mol. The van der Waals surface area contributed by atoms with Gasteiger partial charge in [0.05, 0.1) is 6.10 Å². The van der Waals surface area contributed by atoms with Crippen LogP contribution in [0.1, 0.15) is 31.1 Å². The van der Waals surface area contributed by atoms with Gasteiger partial charge in [-0.25, -0.2) is 0 Å². The van der Waals surface area contributed by atoms with E-state index in [1.165, 1.54) is 0 Å². The molecule has 0 bridgehead atoms. The zero-order chi connectivity index (χ0) is 17.2. The molecule has 0 aliphatic carbocycles. The molecule has 1 heterocycles. The Hall–Kier alpha value is -2.24. The van der Waals surface area contributed by atoms with E-state index in [4.69, 9.17) is 9.47 Å². The molecule has 2 aromatic carbocycles. The first-order valence-electron chi connectivity index (χ1n) is 8.04. The SMILES string of the molecule is CC(C)(Cc1ccc2c(c1)OCO2)NCC(O)c1ccccc1O. The summed E-state index contributed by atoms with van der Waals surface area (Å²) < 4.78 is 10.7. The van der Waals surface area contributed by atoms with Gasteiger partial charge in [-0.2, -0.15) is 0 Å². The number of aliphatic hydroxyl groups excluding tert-OH is 1. The molecule has 24 heavy (non-hydrogen) atoms. The fourth-order valence-electron chi connectivity index (χ4n) is 2.88. The van der Waals surface area contributed by atoms with Crippen LogP contribution in [-0.2, 0) is 6.42 Å². The van der Waals surface area contributed by atoms with Gasteiger partial charge < -0.3 is 25.0 Å². The Labute approximate surface area is 141 Å². The number of benzene rings is 2. The number of phenols is 1. The molecule has 1 atom stereocenters. The smallest absolute Gasteiger partial charge is 0.231 e. The number of rotatable bonds is 6. The standard InChI is InChI=1S/C19H23NO4/c1-19(2,10-13-7-8-17-18(9-13)24-12-23-17)20-11-16(22)14-5-3-4-6-15(14)21/h3-9,16,20-22H,10-12H2,1-2H3. The maximum Gasteiger partial charge on any atom is 0.231 e. The number of phenolic OH excluding ortho intramolecular Hbond substituents is 1. The molecule has 0 aromatic heterocycles. The third kappa shape index (κ3) is 3.80. The van der Waals surface area contributed by atoms with Gasteiger partial charge in [0.1, 0.15) is 5.75 Å². The summed E-state index contributed by atoms with van der Waals surface area (Å²) in [6, 6.07) is 12.8. The lowest BCUT2D eigenvalue weighted by molar-refractivity contribution is 0.157. The summed E-state index contributed by atoms with van der Waals surface area (Å²) in [4.78, 5) is 0. The van der Waals surface area contributed by atoms with Crippen LogP contribution in [0.2, 0.25) is 0 Å². The minimum absolute atomic E-state index is 0.111. The van der Waals surface area contributed by atoms with Crippen LogP contribution in [0.5, 0.6) is 17.2 Å². The number of nitrogens with one attached hydrogen (secondary N) is 1. The lowest BCUT2D eigenvalue weighted by atomic mass is 9.94. The van der Waals surface area contributed by atoms with E-state index in [9.17, 15) is 10.2 Å². The molecule has 0 radical (unpaired) electrons. The number of ether oxygens (including phenoxy) is 2. The van der Waals surface area contributed by atoms with Crippen LogP contribution in [0.3, 0.4) is 0 Å². The van der Waals surface area contributed by atoms with Gasteiger partial charge in [-0.1, -0.05) is 24.3 Å². The Balaban J connectivity index is 1.60. The molecule has 1 aliphatic heterocycles. The predicted octanol–water partition coefficient (Wildman–Crippen LogP) is 2.77. The van der Waals surface area contributed by atoms with Gasteiger partial charge in [0.15, 0.2) is 11.5 Å². The highest BCUT2D eigenvalue weighted by Gasteiger charge is 2.22. The molecular formula is C19H23NO4. The van der Waals surface area contributed by atoms with Gasteiger partial charge in [-0.15, -0.1) is 0 Å². The third-order valence-electron chi connectivity index (χ3n) is 4.15. The van der Waals surface area contributed by atoms with Crippen molar-refractivity contribution in [2.24, 2.45) is 0 Å². The number of fused-ring (bicyclic) bond motifs is 1. The van der Waals surface area contributed by atoms with Crippen molar-refractivity contribution in [3.8, 4) is 17.2 Å². The van der Waals surface area contributed by atoms with Gasteiger partial charge in [-0.3, -0.25) is 0 Å². The number of β-amino-alcohol motifs (C(OH)–C–C–N with tert-alkyl or cyclic N) is 1. The van der Waals surface area contributed by atoms with E-state index in [1.54, 1.807) is 24.3 Å². The molecule has 5 nitrogen and oxygen atoms in total. The average Bonchev–Trinajstić information content (AvgIpc) is 3.00. The number of aromatic hydroxyl groups is 1. The quantitative estimate of drug-likeness (QED) is 0.760. The predicted molar refractivity (Wildman–Crippen MR) is 91.4 cm³/mol. The Morgan fingerprint density at radius 2 is 1.88 bits per heavy atom. The van der Waals surface area contributed by atoms with E-state index in [-0.39, 0.29) is 18.1 Å². The normalized spacial score (nSPS) is 14.6. The van der Waals surface area contributed by atoms with Gasteiger partial charge >= 0.3 is 0 Å². The van der Waals surface area contributed by atoms with Crippen molar-refractivity contribution >= 4 is 0 Å². The monoisotopic (exact) mass is 329 g/mol. The summed E-state index contributed by atoms with van der Waals surface area (Å²) >= 11 is 0.